The van der Waals surface area contributed by atoms with Crippen LogP contribution in [0.4, 0.5) is 0 Å². The number of likely N-dealkylation sites (tertiary alicyclic amines) is 1. The fourth-order valence-electron chi connectivity index (χ4n) is 1.87. The molecule has 0 aliphatic carbocycles. The summed E-state index contributed by atoms with van der Waals surface area (Å²) in [5, 5.41) is 8.52. The molecule has 1 aliphatic rings. The van der Waals surface area contributed by atoms with Gasteiger partial charge in [-0.15, -0.1) is 0 Å². The van der Waals surface area contributed by atoms with Crippen LogP contribution < -0.4 is 0 Å². The predicted octanol–water partition coefficient (Wildman–Crippen LogP) is 0.471. The first-order chi connectivity index (χ1) is 8.70. The van der Waals surface area contributed by atoms with Crippen molar-refractivity contribution >= 4 is 11.9 Å². The molecular formula is C12H18N2O4. The van der Waals surface area contributed by atoms with Crippen molar-refractivity contribution in [3.63, 3.8) is 0 Å². The number of esters is 1. The first-order valence-corrected chi connectivity index (χ1v) is 6.11. The van der Waals surface area contributed by atoms with Crippen molar-refractivity contribution in [3.05, 3.63) is 0 Å². The van der Waals surface area contributed by atoms with E-state index in [-0.39, 0.29) is 18.9 Å². The molecule has 0 aromatic rings. The van der Waals surface area contributed by atoms with Crippen molar-refractivity contribution in [2.75, 3.05) is 26.4 Å². The highest BCUT2D eigenvalue weighted by Crippen LogP contribution is 2.20. The van der Waals surface area contributed by atoms with Gasteiger partial charge in [-0.25, -0.2) is 4.79 Å². The molecule has 1 unspecified atom stereocenters. The molecule has 100 valence electrons. The predicted molar refractivity (Wildman–Crippen MR) is 62.4 cm³/mol. The maximum Gasteiger partial charge on any atom is 0.328 e. The Kier molecular flexibility index (Phi) is 6.15. The number of ether oxygens (including phenoxy) is 2. The highest BCUT2D eigenvalue weighted by atomic mass is 16.6. The number of hydrogen-bond acceptors (Lipinski definition) is 5. The average Bonchev–Trinajstić information content (AvgIpc) is 2.73. The van der Waals surface area contributed by atoms with E-state index in [1.807, 2.05) is 13.0 Å². The molecule has 1 aliphatic heterocycles. The molecule has 0 bridgehead atoms. The van der Waals surface area contributed by atoms with Crippen molar-refractivity contribution in [2.24, 2.45) is 0 Å². The van der Waals surface area contributed by atoms with E-state index in [0.717, 1.165) is 0 Å². The Morgan fingerprint density at radius 1 is 1.56 bits per heavy atom. The normalized spacial score (nSPS) is 18.8. The lowest BCUT2D eigenvalue weighted by Gasteiger charge is -2.22. The zero-order chi connectivity index (χ0) is 13.4. The van der Waals surface area contributed by atoms with Crippen LogP contribution in [0.3, 0.4) is 0 Å². The van der Waals surface area contributed by atoms with Crippen molar-refractivity contribution in [3.8, 4) is 6.07 Å². The van der Waals surface area contributed by atoms with Gasteiger partial charge in [-0.05, 0) is 13.3 Å². The van der Waals surface area contributed by atoms with Gasteiger partial charge < -0.3 is 14.4 Å². The summed E-state index contributed by atoms with van der Waals surface area (Å²) in [4.78, 5) is 24.8. The minimum absolute atomic E-state index is 0.0861. The molecular weight excluding hydrogens is 236 g/mol. The fourth-order valence-corrected chi connectivity index (χ4v) is 1.87. The Hall–Kier alpha value is -1.61. The SMILES string of the molecule is CCOCCOC(=O)C1CCC(=O)N1CCC#N. The minimum atomic E-state index is -0.535. The molecule has 1 fully saturated rings. The summed E-state index contributed by atoms with van der Waals surface area (Å²) in [6.45, 7) is 3.29. The highest BCUT2D eigenvalue weighted by molar-refractivity contribution is 5.88. The summed E-state index contributed by atoms with van der Waals surface area (Å²) < 4.78 is 10.1. The lowest BCUT2D eigenvalue weighted by molar-refractivity contribution is -0.153. The summed E-state index contributed by atoms with van der Waals surface area (Å²) in [6.07, 6.45) is 1.04. The van der Waals surface area contributed by atoms with Crippen LogP contribution in [-0.2, 0) is 19.1 Å². The molecule has 6 nitrogen and oxygen atoms in total. The smallest absolute Gasteiger partial charge is 0.328 e. The average molecular weight is 254 g/mol. The molecule has 1 amide bonds. The Morgan fingerprint density at radius 2 is 2.33 bits per heavy atom. The van der Waals surface area contributed by atoms with E-state index in [0.29, 0.717) is 32.6 Å². The van der Waals surface area contributed by atoms with Crippen LogP contribution in [0.25, 0.3) is 0 Å². The summed E-state index contributed by atoms with van der Waals surface area (Å²) in [5.74, 6) is -0.490. The first kappa shape index (κ1) is 14.5. The Morgan fingerprint density at radius 3 is 3.00 bits per heavy atom. The fraction of sp³-hybridized carbons (Fsp3) is 0.750. The summed E-state index contributed by atoms with van der Waals surface area (Å²) in [5.41, 5.74) is 0. The van der Waals surface area contributed by atoms with Crippen LogP contribution in [0.15, 0.2) is 0 Å². The van der Waals surface area contributed by atoms with E-state index in [2.05, 4.69) is 0 Å². The van der Waals surface area contributed by atoms with Crippen LogP contribution in [0.5, 0.6) is 0 Å². The number of carbonyl (C=O) groups excluding carboxylic acids is 2. The van der Waals surface area contributed by atoms with Crippen molar-refractivity contribution in [2.45, 2.75) is 32.2 Å². The van der Waals surface area contributed by atoms with Gasteiger partial charge in [0, 0.05) is 19.6 Å². The van der Waals surface area contributed by atoms with Gasteiger partial charge in [-0.1, -0.05) is 0 Å². The molecule has 0 radical (unpaired) electrons. The second-order valence-corrected chi connectivity index (χ2v) is 3.91. The summed E-state index contributed by atoms with van der Waals surface area (Å²) >= 11 is 0. The molecule has 6 heteroatoms. The molecule has 0 aromatic heterocycles. The largest absolute Gasteiger partial charge is 0.462 e. The standard InChI is InChI=1S/C12H18N2O4/c1-2-17-8-9-18-12(16)10-4-5-11(15)14(10)7-3-6-13/h10H,2-5,7-9H2,1H3. The third-order valence-electron chi connectivity index (χ3n) is 2.74. The van der Waals surface area contributed by atoms with Crippen LogP contribution >= 0.6 is 0 Å². The Balaban J connectivity index is 2.40. The second kappa shape index (κ2) is 7.67. The number of nitriles is 1. The van der Waals surface area contributed by atoms with Crippen molar-refractivity contribution < 1.29 is 19.1 Å². The van der Waals surface area contributed by atoms with Crippen LogP contribution in [-0.4, -0.2) is 49.2 Å². The summed E-state index contributed by atoms with van der Waals surface area (Å²) in [7, 11) is 0. The third kappa shape index (κ3) is 4.00. The van der Waals surface area contributed by atoms with E-state index >= 15 is 0 Å². The van der Waals surface area contributed by atoms with E-state index in [1.165, 1.54) is 4.90 Å². The number of rotatable bonds is 7. The maximum absolute atomic E-state index is 11.8. The molecule has 0 N–H and O–H groups in total. The zero-order valence-electron chi connectivity index (χ0n) is 10.6. The van der Waals surface area contributed by atoms with Crippen LogP contribution in [0.1, 0.15) is 26.2 Å². The zero-order valence-corrected chi connectivity index (χ0v) is 10.6. The molecule has 0 spiro atoms. The lowest BCUT2D eigenvalue weighted by Crippen LogP contribution is -2.40. The molecule has 0 saturated carbocycles. The van der Waals surface area contributed by atoms with Gasteiger partial charge in [-0.2, -0.15) is 5.26 Å². The van der Waals surface area contributed by atoms with E-state index in [1.54, 1.807) is 0 Å². The van der Waals surface area contributed by atoms with Crippen LogP contribution in [0.2, 0.25) is 0 Å². The monoisotopic (exact) mass is 254 g/mol. The number of carbonyl (C=O) groups is 2. The van der Waals surface area contributed by atoms with Crippen molar-refractivity contribution in [1.82, 2.24) is 4.90 Å². The molecule has 0 aromatic carbocycles. The Bertz CT molecular complexity index is 337. The summed E-state index contributed by atoms with van der Waals surface area (Å²) in [6, 6.07) is 1.43. The number of amides is 1. The molecule has 1 saturated heterocycles. The van der Waals surface area contributed by atoms with Gasteiger partial charge in [0.25, 0.3) is 0 Å². The third-order valence-corrected chi connectivity index (χ3v) is 2.74. The first-order valence-electron chi connectivity index (χ1n) is 6.11. The molecule has 1 heterocycles. The van der Waals surface area contributed by atoms with Gasteiger partial charge in [0.15, 0.2) is 0 Å². The van der Waals surface area contributed by atoms with Gasteiger partial charge in [0.05, 0.1) is 19.1 Å². The van der Waals surface area contributed by atoms with E-state index in [9.17, 15) is 9.59 Å². The number of hydrogen-bond donors (Lipinski definition) is 0. The highest BCUT2D eigenvalue weighted by Gasteiger charge is 2.36. The quantitative estimate of drug-likeness (QED) is 0.487. The van der Waals surface area contributed by atoms with Gasteiger partial charge in [0.1, 0.15) is 12.6 Å². The lowest BCUT2D eigenvalue weighted by atomic mass is 10.2. The maximum atomic E-state index is 11.8. The molecule has 1 rings (SSSR count). The van der Waals surface area contributed by atoms with E-state index < -0.39 is 12.0 Å². The van der Waals surface area contributed by atoms with Gasteiger partial charge >= 0.3 is 5.97 Å². The van der Waals surface area contributed by atoms with Crippen molar-refractivity contribution in [1.29, 1.82) is 5.26 Å². The second-order valence-electron chi connectivity index (χ2n) is 3.91. The topological polar surface area (TPSA) is 79.6 Å². The number of nitrogens with zero attached hydrogens (tertiary/aromatic N) is 2. The minimum Gasteiger partial charge on any atom is -0.462 e. The Labute approximate surface area is 106 Å². The molecule has 18 heavy (non-hydrogen) atoms. The van der Waals surface area contributed by atoms with Crippen LogP contribution in [0, 0.1) is 11.3 Å². The molecule has 1 atom stereocenters. The van der Waals surface area contributed by atoms with Gasteiger partial charge in [0.2, 0.25) is 5.91 Å². The van der Waals surface area contributed by atoms with E-state index in [4.69, 9.17) is 14.7 Å². The van der Waals surface area contributed by atoms with Gasteiger partial charge in [-0.3, -0.25) is 4.79 Å².